The summed E-state index contributed by atoms with van der Waals surface area (Å²) < 4.78 is 77.4. The zero-order valence-corrected chi connectivity index (χ0v) is 75.9. The third kappa shape index (κ3) is 27.7. The van der Waals surface area contributed by atoms with E-state index in [1.165, 1.54) is 0 Å². The summed E-state index contributed by atoms with van der Waals surface area (Å²) in [5.41, 5.74) is 5.06. The molecule has 7 aromatic rings. The Kier molecular flexibility index (Phi) is 38.7. The van der Waals surface area contributed by atoms with Crippen LogP contribution in [0.2, 0.25) is 0 Å². The van der Waals surface area contributed by atoms with Gasteiger partial charge in [-0.2, -0.15) is 5.70 Å². The van der Waals surface area contributed by atoms with E-state index in [-0.39, 0.29) is 139 Å². The summed E-state index contributed by atoms with van der Waals surface area (Å²) in [6.07, 6.45) is 4.88. The Hall–Kier alpha value is -11.1. The summed E-state index contributed by atoms with van der Waals surface area (Å²) in [6, 6.07) is 67.6. The van der Waals surface area contributed by atoms with Gasteiger partial charge in [0, 0.05) is 127 Å². The number of benzene rings is 7. The fourth-order valence-electron chi connectivity index (χ4n) is 18.5. The van der Waals surface area contributed by atoms with E-state index in [1.807, 2.05) is 253 Å². The van der Waals surface area contributed by atoms with E-state index < -0.39 is 109 Å². The molecule has 0 radical (unpaired) electrons. The summed E-state index contributed by atoms with van der Waals surface area (Å²) >= 11 is 0. The molecule has 5 aliphatic heterocycles. The van der Waals surface area contributed by atoms with Gasteiger partial charge in [-0.05, 0) is 108 Å². The van der Waals surface area contributed by atoms with E-state index >= 15 is 14.4 Å². The van der Waals surface area contributed by atoms with Gasteiger partial charge in [-0.3, -0.25) is 48.5 Å². The van der Waals surface area contributed by atoms with Gasteiger partial charge in [0.2, 0.25) is 0 Å². The van der Waals surface area contributed by atoms with Gasteiger partial charge in [-0.15, -0.1) is 15.9 Å². The van der Waals surface area contributed by atoms with Crippen molar-refractivity contribution in [3.05, 3.63) is 297 Å². The van der Waals surface area contributed by atoms with E-state index in [4.69, 9.17) is 83.9 Å². The molecule has 5 heterocycles. The molecule has 0 aromatic heterocycles. The van der Waals surface area contributed by atoms with Crippen LogP contribution < -0.4 is 18.6 Å². The number of fused-ring (bicyclic) bond motifs is 6. The van der Waals surface area contributed by atoms with Crippen molar-refractivity contribution in [1.29, 1.82) is 5.26 Å². The average Bonchev–Trinajstić information content (AvgIpc) is 1.53. The zero-order chi connectivity index (χ0) is 90.5. The monoisotopic (exact) mass is 1810 g/mol. The van der Waals surface area contributed by atoms with Gasteiger partial charge < -0.3 is 55.8 Å². The first-order chi connectivity index (χ1) is 60.4. The first kappa shape index (κ1) is 102. The fraction of sp³-hybridized carbons (Fsp3) is 0.422. The molecule has 7 aromatic carbocycles. The van der Waals surface area contributed by atoms with Crippen molar-refractivity contribution in [1.82, 2.24) is 0 Å². The molecular weight excluding hydrogens is 1690 g/mol. The molecule has 24 nitrogen and oxygen atoms in total. The molecule has 1 unspecified atom stereocenters. The molecule has 128 heavy (non-hydrogen) atoms. The minimum atomic E-state index is -4.94. The van der Waals surface area contributed by atoms with Crippen molar-refractivity contribution in [3.8, 4) is 0 Å². The molecule has 2 N–H and O–H groups in total. The van der Waals surface area contributed by atoms with Gasteiger partial charge in [-0.25, -0.2) is 18.6 Å². The maximum Gasteiger partial charge on any atom is 3.00 e. The maximum atomic E-state index is 15.7. The number of halogens is 1. The number of rotatable bonds is 39. The number of ether oxygens (including phenoxy) is 7. The molecule has 0 saturated carbocycles. The number of hydrogen-bond donors (Lipinski definition) is 0. The second-order valence-electron chi connectivity index (χ2n) is 34.2. The molecule has 1 saturated heterocycles. The number of allylic oxidation sites excluding steroid dienone is 6. The number of nitrogens with zero attached hydrogens (tertiary/aromatic N) is 5. The molecule has 9 atom stereocenters. The third-order valence-electron chi connectivity index (χ3n) is 25.6. The van der Waals surface area contributed by atoms with Crippen molar-refractivity contribution >= 4 is 58.9 Å². The summed E-state index contributed by atoms with van der Waals surface area (Å²) in [7, 11) is -4.94. The van der Waals surface area contributed by atoms with Gasteiger partial charge in [0.05, 0.1) is 77.1 Å². The van der Waals surface area contributed by atoms with Crippen LogP contribution in [0, 0.1) is 67.4 Å². The molecule has 1 fully saturated rings. The van der Waals surface area contributed by atoms with Crippen LogP contribution in [0.3, 0.4) is 0 Å². The van der Waals surface area contributed by atoms with Crippen molar-refractivity contribution in [3.63, 3.8) is 0 Å². The smallest absolute Gasteiger partial charge is 0.664 e. The molecule has 8 bridgehead atoms. The van der Waals surface area contributed by atoms with Crippen LogP contribution in [0.25, 0.3) is 5.32 Å². The molecule has 0 spiro atoms. The summed E-state index contributed by atoms with van der Waals surface area (Å²) in [5.74, 6) is -6.23. The fourth-order valence-corrected chi connectivity index (χ4v) is 18.5. The van der Waals surface area contributed by atoms with Crippen LogP contribution in [0.15, 0.2) is 262 Å². The second-order valence-corrected chi connectivity index (χ2v) is 35.0. The standard InChI is InChI=1S/C101H115N4O14.CN.ClHO4.Co.H2O/c1-70-92-80(45-48-86(107)114-60-52-73-32-18-10-19-33-73)97(3,4)84(103-92)67-83-79(44-47-85(106)113-59-51-72-30-16-9-17-31-72)99(6,68-90(111)118-64-56-77-40-26-14-27-41-77)95(102-83)71(2)93-81(46-49-87(108)115-61-53-74-34-20-11-21-35-74)100(7,69-91(112)119-65-57-78-42-28-15-29-43-78)101(8,105-93)96-82(66-89(110)117-63-55-76-38-24-13-25-39-76)98(5,94(70)104-96)58-50-88(109)116-62-54-75-36-22-12-23-37-75;1-2;2-1(3,4)5;;/h9-43,67,79-82,96H,44-66,68-69H2,1-8H3;;(H,2,3,4,5);;1H2/q2*-1;;+3;/p-1/t79-,80-,81-,82+,96?,98-,99+,100+,101+;;;;/m1..../s1. The Balaban J connectivity index is 0.00000217. The maximum absolute atomic E-state index is 15.7. The first-order valence-electron chi connectivity index (χ1n) is 43.3. The van der Waals surface area contributed by atoms with Crippen LogP contribution in [-0.2, 0) is 128 Å². The molecular formula is C102H117ClCoN5O19. The van der Waals surface area contributed by atoms with E-state index in [2.05, 4.69) is 20.8 Å². The van der Waals surface area contributed by atoms with Crippen LogP contribution >= 0.6 is 0 Å². The average molecular weight is 1810 g/mol. The van der Waals surface area contributed by atoms with Gasteiger partial charge in [0.1, 0.15) is 0 Å². The van der Waals surface area contributed by atoms with Crippen LogP contribution in [0.4, 0.5) is 0 Å². The van der Waals surface area contributed by atoms with E-state index in [1.54, 1.807) is 0 Å². The molecule has 680 valence electrons. The van der Waals surface area contributed by atoms with Crippen molar-refractivity contribution < 1.29 is 118 Å². The summed E-state index contributed by atoms with van der Waals surface area (Å²) in [6.45, 7) is 21.6. The predicted octanol–water partition coefficient (Wildman–Crippen LogP) is 13.1. The Morgan fingerprint density at radius 3 is 1.09 bits per heavy atom. The molecule has 0 aliphatic carbocycles. The van der Waals surface area contributed by atoms with Crippen LogP contribution in [-0.4, -0.2) is 122 Å². The van der Waals surface area contributed by atoms with E-state index in [0.717, 1.165) is 38.9 Å². The summed E-state index contributed by atoms with van der Waals surface area (Å²) in [4.78, 5) is 123. The minimum absolute atomic E-state index is 0. The molecule has 0 amide bonds. The predicted molar refractivity (Wildman–Crippen MR) is 471 cm³/mol. The molecule has 5 aliphatic rings. The Morgan fingerprint density at radius 2 is 0.734 bits per heavy atom. The topological polar surface area (TPSA) is 383 Å². The van der Waals surface area contributed by atoms with Crippen LogP contribution in [0.1, 0.15) is 165 Å². The number of carbonyl (C=O) groups excluding carboxylic acids is 7. The number of esters is 7. The normalized spacial score (nSPS) is 23.1. The minimum Gasteiger partial charge on any atom is -0.664 e. The zero-order valence-electron chi connectivity index (χ0n) is 74.1. The van der Waals surface area contributed by atoms with Gasteiger partial charge in [0.25, 0.3) is 0 Å². The van der Waals surface area contributed by atoms with Gasteiger partial charge in [0.15, 0.2) is 0 Å². The van der Waals surface area contributed by atoms with Gasteiger partial charge in [-0.1, -0.05) is 253 Å². The second kappa shape index (κ2) is 48.4. The van der Waals surface area contributed by atoms with E-state index in [9.17, 15) is 19.2 Å². The Bertz CT molecular complexity index is 5040. The van der Waals surface area contributed by atoms with Crippen molar-refractivity contribution in [2.24, 2.45) is 60.3 Å². The quantitative estimate of drug-likeness (QED) is 0.0196. The third-order valence-corrected chi connectivity index (χ3v) is 25.6. The molecule has 26 heteroatoms. The number of aliphatic imine (C=N–C) groups is 3. The largest absolute Gasteiger partial charge is 3.00 e. The molecule has 12 rings (SSSR count). The Labute approximate surface area is 764 Å². The number of hydrogen-bond acceptors (Lipinski definition) is 22. The van der Waals surface area contributed by atoms with Crippen LogP contribution in [0.5, 0.6) is 0 Å². The van der Waals surface area contributed by atoms with E-state index in [0.29, 0.717) is 90.3 Å². The first-order valence-corrected chi connectivity index (χ1v) is 44.5. The van der Waals surface area contributed by atoms with Crippen molar-refractivity contribution in [2.75, 3.05) is 46.2 Å². The SMILES string of the molecule is C/C1=C2N=C(/C=C3\[N-]/C(=C(/C)C4=N[C@@](C)(C5N=C1[C@](C)(CCC(=O)OCCc1ccccc1)[C@H]5CC(=O)OCCc1ccccc1)[C@@](C)(CC(=O)OCCc1ccccc1)[C@@H]4CCC(=O)OCCc1ccccc1)[C@@](C)(CC(=O)OCCc1ccccc1)[C@@H]3CCC(=O)OCCc1ccccc1)C(C)(C)[C@@H]/2CCC(=O)OCCc1ccccc1.O.[C-]#N.[Co+3].[O-][Cl+3]([O-])([O-])[O-]. The summed E-state index contributed by atoms with van der Waals surface area (Å²) in [5, 5.41) is 12.1. The Morgan fingerprint density at radius 1 is 0.422 bits per heavy atom. The van der Waals surface area contributed by atoms with Gasteiger partial charge >= 0.3 is 58.6 Å². The van der Waals surface area contributed by atoms with Crippen molar-refractivity contribution in [2.45, 2.75) is 183 Å². The number of carbonyl (C=O) groups is 7.